The van der Waals surface area contributed by atoms with E-state index in [4.69, 9.17) is 23.2 Å². The molecule has 1 heterocycles. The maximum Gasteiger partial charge on any atom is 0.0559 e. The SMILES string of the molecule is Cl.ClCCN(CCCl)CCN1c2ccc3ccccc3c2Sc2c1ccc1ccccc21. The molecule has 6 heteroatoms. The molecule has 0 radical (unpaired) electrons. The van der Waals surface area contributed by atoms with E-state index in [1.165, 1.54) is 42.7 Å². The molecule has 0 aliphatic carbocycles. The van der Waals surface area contributed by atoms with Crippen LogP contribution in [0.4, 0.5) is 11.4 Å². The van der Waals surface area contributed by atoms with E-state index >= 15 is 0 Å². The monoisotopic (exact) mass is 502 g/mol. The van der Waals surface area contributed by atoms with Crippen LogP contribution in [-0.4, -0.2) is 42.8 Å². The summed E-state index contributed by atoms with van der Waals surface area (Å²) in [6.07, 6.45) is 0. The number of anilines is 2. The summed E-state index contributed by atoms with van der Waals surface area (Å²) in [6.45, 7) is 3.52. The first-order chi connectivity index (χ1) is 15.3. The van der Waals surface area contributed by atoms with Gasteiger partial charge in [-0.3, -0.25) is 4.90 Å². The molecule has 5 rings (SSSR count). The minimum atomic E-state index is 0. The Morgan fingerprint density at radius 2 is 1.16 bits per heavy atom. The summed E-state index contributed by atoms with van der Waals surface area (Å²) in [5.74, 6) is 1.24. The van der Waals surface area contributed by atoms with Gasteiger partial charge in [-0.15, -0.1) is 35.6 Å². The fourth-order valence-electron chi connectivity index (χ4n) is 4.39. The Balaban J connectivity index is 0.00000245. The van der Waals surface area contributed by atoms with Crippen molar-refractivity contribution in [3.63, 3.8) is 0 Å². The molecule has 166 valence electrons. The Morgan fingerprint density at radius 3 is 1.66 bits per heavy atom. The first-order valence-electron chi connectivity index (χ1n) is 10.6. The molecule has 0 aromatic heterocycles. The Hall–Kier alpha value is -1.62. The van der Waals surface area contributed by atoms with Crippen LogP contribution in [0.2, 0.25) is 0 Å². The average Bonchev–Trinajstić information content (AvgIpc) is 2.81. The highest BCUT2D eigenvalue weighted by Gasteiger charge is 2.26. The molecule has 0 saturated carbocycles. The third kappa shape index (κ3) is 4.42. The van der Waals surface area contributed by atoms with E-state index in [-0.39, 0.29) is 12.4 Å². The summed E-state index contributed by atoms with van der Waals surface area (Å²) in [7, 11) is 0. The molecule has 4 aromatic carbocycles. The van der Waals surface area contributed by atoms with Crippen LogP contribution >= 0.6 is 47.4 Å². The molecular weight excluding hydrogens is 479 g/mol. The standard InChI is InChI=1S/C26H24Cl2N2S.ClH/c27-13-15-29(16-14-28)17-18-30-23-11-9-19-5-1-3-7-21(19)25(23)31-26-22-8-4-2-6-20(22)10-12-24(26)30;/h1-12H,13-18H2;1H. The zero-order valence-electron chi connectivity index (χ0n) is 17.6. The molecule has 1 aliphatic rings. The molecule has 32 heavy (non-hydrogen) atoms. The van der Waals surface area contributed by atoms with Crippen LogP contribution in [0.15, 0.2) is 82.6 Å². The lowest BCUT2D eigenvalue weighted by molar-refractivity contribution is 0.315. The number of hydrogen-bond donors (Lipinski definition) is 0. The fourth-order valence-corrected chi connectivity index (χ4v) is 6.23. The van der Waals surface area contributed by atoms with E-state index < -0.39 is 0 Å². The Bertz CT molecular complexity index is 1140. The van der Waals surface area contributed by atoms with Crippen LogP contribution in [0.3, 0.4) is 0 Å². The molecule has 0 spiro atoms. The highest BCUT2D eigenvalue weighted by atomic mass is 35.5. The third-order valence-electron chi connectivity index (χ3n) is 5.94. The Kier molecular flexibility index (Phi) is 7.75. The first kappa shape index (κ1) is 23.5. The number of fused-ring (bicyclic) bond motifs is 6. The van der Waals surface area contributed by atoms with Gasteiger partial charge in [0.05, 0.1) is 11.4 Å². The Morgan fingerprint density at radius 1 is 0.656 bits per heavy atom. The van der Waals surface area contributed by atoms with Crippen molar-refractivity contribution in [3.05, 3.63) is 72.8 Å². The first-order valence-corrected chi connectivity index (χ1v) is 12.5. The van der Waals surface area contributed by atoms with E-state index in [9.17, 15) is 0 Å². The van der Waals surface area contributed by atoms with E-state index in [2.05, 4.69) is 82.6 Å². The molecular formula is C26H25Cl3N2S. The van der Waals surface area contributed by atoms with Gasteiger partial charge in [-0.2, -0.15) is 0 Å². The summed E-state index contributed by atoms with van der Waals surface area (Å²) in [4.78, 5) is 7.50. The molecule has 0 unspecified atom stereocenters. The van der Waals surface area contributed by atoms with E-state index in [0.29, 0.717) is 11.8 Å². The summed E-state index contributed by atoms with van der Waals surface area (Å²) in [6, 6.07) is 26.4. The number of nitrogens with zero attached hydrogens (tertiary/aromatic N) is 2. The summed E-state index contributed by atoms with van der Waals surface area (Å²) >= 11 is 14.0. The Labute approximate surface area is 209 Å². The van der Waals surface area contributed by atoms with Crippen LogP contribution in [0.1, 0.15) is 0 Å². The van der Waals surface area contributed by atoms with Crippen molar-refractivity contribution in [2.75, 3.05) is 42.8 Å². The van der Waals surface area contributed by atoms with Crippen molar-refractivity contribution in [1.29, 1.82) is 0 Å². The summed E-state index contributed by atoms with van der Waals surface area (Å²) in [5.41, 5.74) is 2.56. The average molecular weight is 504 g/mol. The minimum absolute atomic E-state index is 0. The quantitative estimate of drug-likeness (QED) is 0.238. The maximum absolute atomic E-state index is 6.04. The van der Waals surface area contributed by atoms with Crippen molar-refractivity contribution in [2.45, 2.75) is 9.79 Å². The molecule has 0 saturated heterocycles. The van der Waals surface area contributed by atoms with Gasteiger partial charge in [0.1, 0.15) is 0 Å². The van der Waals surface area contributed by atoms with Gasteiger partial charge in [0.2, 0.25) is 0 Å². The van der Waals surface area contributed by atoms with Crippen molar-refractivity contribution in [3.8, 4) is 0 Å². The molecule has 0 N–H and O–H groups in total. The van der Waals surface area contributed by atoms with E-state index in [1.54, 1.807) is 0 Å². The second kappa shape index (κ2) is 10.5. The van der Waals surface area contributed by atoms with Gasteiger partial charge < -0.3 is 4.90 Å². The van der Waals surface area contributed by atoms with E-state index in [0.717, 1.165) is 26.2 Å². The highest BCUT2D eigenvalue weighted by Crippen LogP contribution is 2.52. The molecule has 2 nitrogen and oxygen atoms in total. The molecule has 0 bridgehead atoms. The lowest BCUT2D eigenvalue weighted by Gasteiger charge is -2.35. The van der Waals surface area contributed by atoms with Gasteiger partial charge in [-0.05, 0) is 33.7 Å². The number of halogens is 3. The van der Waals surface area contributed by atoms with Crippen LogP contribution < -0.4 is 4.90 Å². The molecule has 0 amide bonds. The predicted molar refractivity (Wildman–Crippen MR) is 144 cm³/mol. The number of benzene rings is 4. The zero-order valence-corrected chi connectivity index (χ0v) is 20.8. The lowest BCUT2D eigenvalue weighted by Crippen LogP contribution is -2.36. The van der Waals surface area contributed by atoms with Crippen LogP contribution in [-0.2, 0) is 0 Å². The second-order valence-electron chi connectivity index (χ2n) is 7.74. The van der Waals surface area contributed by atoms with Crippen molar-refractivity contribution < 1.29 is 0 Å². The largest absolute Gasteiger partial charge is 0.338 e. The van der Waals surface area contributed by atoms with Gasteiger partial charge in [0.15, 0.2) is 0 Å². The van der Waals surface area contributed by atoms with E-state index in [1.807, 2.05) is 11.8 Å². The second-order valence-corrected chi connectivity index (χ2v) is 9.52. The van der Waals surface area contributed by atoms with Crippen molar-refractivity contribution >= 4 is 80.3 Å². The smallest absolute Gasteiger partial charge is 0.0559 e. The zero-order chi connectivity index (χ0) is 21.2. The summed E-state index contributed by atoms with van der Waals surface area (Å²) in [5, 5.41) is 5.19. The van der Waals surface area contributed by atoms with Gasteiger partial charge in [-0.1, -0.05) is 72.4 Å². The van der Waals surface area contributed by atoms with Crippen molar-refractivity contribution in [1.82, 2.24) is 4.90 Å². The van der Waals surface area contributed by atoms with Gasteiger partial charge >= 0.3 is 0 Å². The van der Waals surface area contributed by atoms with Crippen LogP contribution in [0, 0.1) is 0 Å². The van der Waals surface area contributed by atoms with Crippen LogP contribution in [0.25, 0.3) is 21.5 Å². The fraction of sp³-hybridized carbons (Fsp3) is 0.231. The van der Waals surface area contributed by atoms with Gasteiger partial charge in [0.25, 0.3) is 0 Å². The van der Waals surface area contributed by atoms with Gasteiger partial charge in [0, 0.05) is 47.7 Å². The highest BCUT2D eigenvalue weighted by molar-refractivity contribution is 8.00. The number of hydrogen-bond acceptors (Lipinski definition) is 3. The van der Waals surface area contributed by atoms with Crippen molar-refractivity contribution in [2.24, 2.45) is 0 Å². The molecule has 4 aromatic rings. The van der Waals surface area contributed by atoms with Gasteiger partial charge in [-0.25, -0.2) is 0 Å². The maximum atomic E-state index is 6.04. The third-order valence-corrected chi connectivity index (χ3v) is 7.55. The van der Waals surface area contributed by atoms with Crippen LogP contribution in [0.5, 0.6) is 0 Å². The minimum Gasteiger partial charge on any atom is -0.338 e. The lowest BCUT2D eigenvalue weighted by atomic mass is 10.1. The molecule has 0 fully saturated rings. The predicted octanol–water partition coefficient (Wildman–Crippen LogP) is 7.80. The number of rotatable bonds is 7. The topological polar surface area (TPSA) is 6.48 Å². The number of alkyl halides is 2. The normalized spacial score (nSPS) is 12.7. The molecule has 0 atom stereocenters. The summed E-state index contributed by atoms with van der Waals surface area (Å²) < 4.78 is 0. The molecule has 1 aliphatic heterocycles.